The van der Waals surface area contributed by atoms with Gasteiger partial charge in [-0.1, -0.05) is 54.4 Å². The third-order valence-electron chi connectivity index (χ3n) is 6.72. The van der Waals surface area contributed by atoms with Crippen molar-refractivity contribution in [1.82, 2.24) is 16.0 Å². The van der Waals surface area contributed by atoms with Crippen LogP contribution in [0.5, 0.6) is 0 Å². The van der Waals surface area contributed by atoms with Gasteiger partial charge in [0.2, 0.25) is 17.7 Å². The molecule has 0 bridgehead atoms. The standard InChI is InChI=1S/2C11H18N2O3.Na/c2*1-4-6-7(3)11(5-2)8(14)12-10(16)13-9(11)15;/h2*7H,4-6H2,1-3H3,(H2,12,13,14,15,16);/q;;+1/p-1. The summed E-state index contributed by atoms with van der Waals surface area (Å²) < 4.78 is 0. The molecule has 0 aromatic carbocycles. The van der Waals surface area contributed by atoms with E-state index in [0.29, 0.717) is 12.8 Å². The Morgan fingerprint density at radius 1 is 0.758 bits per heavy atom. The molecule has 1 fully saturated rings. The van der Waals surface area contributed by atoms with Gasteiger partial charge in [0.1, 0.15) is 10.8 Å². The fraction of sp³-hybridized carbons (Fsp3) is 0.727. The molecular weight excluding hydrogens is 439 g/mol. The van der Waals surface area contributed by atoms with Crippen LogP contribution in [-0.4, -0.2) is 35.7 Å². The van der Waals surface area contributed by atoms with Gasteiger partial charge in [0.15, 0.2) is 0 Å². The van der Waals surface area contributed by atoms with E-state index in [1.165, 1.54) is 0 Å². The molecule has 0 aromatic heterocycles. The van der Waals surface area contributed by atoms with E-state index in [0.717, 1.165) is 25.7 Å². The summed E-state index contributed by atoms with van der Waals surface area (Å²) in [6.07, 6.45) is 4.10. The zero-order chi connectivity index (χ0) is 24.7. The van der Waals surface area contributed by atoms with Crippen LogP contribution in [0.2, 0.25) is 0 Å². The van der Waals surface area contributed by atoms with Crippen LogP contribution in [0.25, 0.3) is 0 Å². The van der Waals surface area contributed by atoms with Crippen LogP contribution in [0.15, 0.2) is 4.99 Å². The Hall–Kier alpha value is -1.78. The van der Waals surface area contributed by atoms with E-state index in [9.17, 15) is 29.1 Å². The Morgan fingerprint density at radius 2 is 1.15 bits per heavy atom. The number of amidine groups is 1. The Morgan fingerprint density at radius 3 is 1.52 bits per heavy atom. The number of nitrogens with one attached hydrogen (secondary N) is 3. The van der Waals surface area contributed by atoms with Crippen molar-refractivity contribution in [3.05, 3.63) is 0 Å². The minimum Gasteiger partial charge on any atom is -0.846 e. The summed E-state index contributed by atoms with van der Waals surface area (Å²) in [7, 11) is 0. The van der Waals surface area contributed by atoms with Crippen LogP contribution in [0.4, 0.5) is 4.79 Å². The van der Waals surface area contributed by atoms with Gasteiger partial charge in [0, 0.05) is 0 Å². The molecule has 33 heavy (non-hydrogen) atoms. The van der Waals surface area contributed by atoms with Gasteiger partial charge in [0.05, 0.1) is 6.02 Å². The van der Waals surface area contributed by atoms with E-state index in [1.807, 2.05) is 27.7 Å². The summed E-state index contributed by atoms with van der Waals surface area (Å²) in [4.78, 5) is 61.8. The second-order valence-corrected chi connectivity index (χ2v) is 8.44. The zero-order valence-electron chi connectivity index (χ0n) is 20.8. The maximum absolute atomic E-state index is 11.9. The predicted octanol–water partition coefficient (Wildman–Crippen LogP) is -1.62. The molecule has 0 aliphatic carbocycles. The Labute approximate surface area is 217 Å². The second-order valence-electron chi connectivity index (χ2n) is 8.44. The predicted molar refractivity (Wildman–Crippen MR) is 116 cm³/mol. The number of aliphatic imine (C=N–C) groups is 1. The molecule has 3 unspecified atom stereocenters. The van der Waals surface area contributed by atoms with Gasteiger partial charge in [-0.15, -0.1) is 0 Å². The monoisotopic (exact) mass is 474 g/mol. The summed E-state index contributed by atoms with van der Waals surface area (Å²) in [6, 6.07) is -1.56. The fourth-order valence-corrected chi connectivity index (χ4v) is 4.66. The number of carbonyl (C=O) groups excluding carboxylic acids is 5. The van der Waals surface area contributed by atoms with Crippen LogP contribution in [0.3, 0.4) is 0 Å². The first-order valence-electron chi connectivity index (χ1n) is 11.3. The Kier molecular flexibility index (Phi) is 12.5. The molecule has 10 nitrogen and oxygen atoms in total. The molecule has 3 N–H and O–H groups in total. The van der Waals surface area contributed by atoms with Gasteiger partial charge in [-0.3, -0.25) is 29.8 Å². The Bertz CT molecular complexity index is 777. The molecule has 0 spiro atoms. The number of rotatable bonds is 8. The van der Waals surface area contributed by atoms with E-state index in [2.05, 4.69) is 20.9 Å². The third kappa shape index (κ3) is 6.22. The first-order chi connectivity index (χ1) is 15.0. The average molecular weight is 475 g/mol. The molecule has 2 aliphatic rings. The van der Waals surface area contributed by atoms with Crippen LogP contribution >= 0.6 is 0 Å². The maximum Gasteiger partial charge on any atom is 1.00 e. The minimum atomic E-state index is -1.15. The average Bonchev–Trinajstić information content (AvgIpc) is 2.69. The zero-order valence-corrected chi connectivity index (χ0v) is 22.8. The van der Waals surface area contributed by atoms with Gasteiger partial charge in [0.25, 0.3) is 5.91 Å². The first-order valence-corrected chi connectivity index (χ1v) is 11.3. The molecule has 180 valence electrons. The van der Waals surface area contributed by atoms with Crippen molar-refractivity contribution < 1.29 is 58.6 Å². The second kappa shape index (κ2) is 13.2. The van der Waals surface area contributed by atoms with Gasteiger partial charge < -0.3 is 10.4 Å². The van der Waals surface area contributed by atoms with Crippen molar-refractivity contribution in [3.63, 3.8) is 0 Å². The number of urea groups is 1. The summed E-state index contributed by atoms with van der Waals surface area (Å²) in [5.74, 6) is -2.21. The molecule has 0 radical (unpaired) electrons. The number of imide groups is 2. The van der Waals surface area contributed by atoms with E-state index < -0.39 is 46.5 Å². The molecule has 6 amide bonds. The molecule has 3 atom stereocenters. The van der Waals surface area contributed by atoms with Crippen molar-refractivity contribution in [3.8, 4) is 0 Å². The number of hydrogen-bond acceptors (Lipinski definition) is 6. The van der Waals surface area contributed by atoms with E-state index >= 15 is 0 Å². The van der Waals surface area contributed by atoms with E-state index in [4.69, 9.17) is 0 Å². The quantitative estimate of drug-likeness (QED) is 0.283. The molecule has 1 saturated heterocycles. The van der Waals surface area contributed by atoms with Crippen LogP contribution < -0.4 is 50.6 Å². The molecule has 2 heterocycles. The molecule has 0 saturated carbocycles. The van der Waals surface area contributed by atoms with Crippen molar-refractivity contribution in [2.45, 2.75) is 80.1 Å². The number of barbiturate groups is 1. The normalized spacial score (nSPS) is 23.6. The van der Waals surface area contributed by atoms with Crippen molar-refractivity contribution in [1.29, 1.82) is 0 Å². The maximum atomic E-state index is 11.9. The van der Waals surface area contributed by atoms with Gasteiger partial charge in [-0.25, -0.2) is 9.79 Å². The SMILES string of the molecule is CCCC(C)C1(CC)C(=O)N=C([O-])NC1=O.CCCC(C)C1(CC)C(=O)NC(=O)NC1=O.[Na+]. The molecule has 2 aliphatic heterocycles. The molecule has 11 heteroatoms. The minimum absolute atomic E-state index is 0. The molecular formula is C22H35N4NaO6. The van der Waals surface area contributed by atoms with Crippen molar-refractivity contribution >= 4 is 35.7 Å². The van der Waals surface area contributed by atoms with E-state index in [1.54, 1.807) is 13.8 Å². The van der Waals surface area contributed by atoms with Crippen LogP contribution in [-0.2, 0) is 19.2 Å². The Balaban J connectivity index is 0.000000602. The molecule has 0 aromatic rings. The van der Waals surface area contributed by atoms with Gasteiger partial charge in [-0.2, -0.15) is 0 Å². The number of carbonyl (C=O) groups is 5. The summed E-state index contributed by atoms with van der Waals surface area (Å²) in [5, 5.41) is 17.4. The van der Waals surface area contributed by atoms with Crippen molar-refractivity contribution in [2.75, 3.05) is 0 Å². The van der Waals surface area contributed by atoms with Crippen molar-refractivity contribution in [2.24, 2.45) is 27.7 Å². The van der Waals surface area contributed by atoms with Gasteiger partial charge in [-0.05, 0) is 37.5 Å². The topological polar surface area (TPSA) is 157 Å². The molecule has 2 rings (SSSR count). The number of hydrogen-bond donors (Lipinski definition) is 3. The van der Waals surface area contributed by atoms with Gasteiger partial charge >= 0.3 is 35.6 Å². The number of nitrogens with zero attached hydrogens (tertiary/aromatic N) is 1. The largest absolute Gasteiger partial charge is 1.00 e. The van der Waals surface area contributed by atoms with Crippen LogP contribution in [0.1, 0.15) is 80.1 Å². The van der Waals surface area contributed by atoms with E-state index in [-0.39, 0.29) is 41.4 Å². The fourth-order valence-electron chi connectivity index (χ4n) is 4.66. The van der Waals surface area contributed by atoms with Crippen LogP contribution in [0, 0.1) is 22.7 Å². The first kappa shape index (κ1) is 31.2. The third-order valence-corrected chi connectivity index (χ3v) is 6.72. The summed E-state index contributed by atoms with van der Waals surface area (Å²) in [6.45, 7) is 11.3. The summed E-state index contributed by atoms with van der Waals surface area (Å²) >= 11 is 0. The number of amides is 6. The smallest absolute Gasteiger partial charge is 0.846 e. The summed E-state index contributed by atoms with van der Waals surface area (Å²) in [5.41, 5.74) is -2.24.